The molecule has 0 aliphatic heterocycles. The van der Waals surface area contributed by atoms with Crippen LogP contribution in [0.1, 0.15) is 32.4 Å². The largest absolute Gasteiger partial charge is 0.353 e. The first-order chi connectivity index (χ1) is 13.5. The molecule has 1 heterocycles. The van der Waals surface area contributed by atoms with E-state index >= 15 is 0 Å². The van der Waals surface area contributed by atoms with Crippen molar-refractivity contribution >= 4 is 28.4 Å². The molecule has 0 fully saturated rings. The Kier molecular flexibility index (Phi) is 5.78. The molecule has 0 aliphatic carbocycles. The minimum Gasteiger partial charge on any atom is -0.353 e. The summed E-state index contributed by atoms with van der Waals surface area (Å²) in [4.78, 5) is 32.7. The SMILES string of the molecule is CCN(CC)c1nc2ccccc2n(C(C)C(=O)Nc2cccc(C)c2)c1=O. The fraction of sp³-hybridized carbons (Fsp3) is 0.318. The van der Waals surface area contributed by atoms with Gasteiger partial charge in [0.25, 0.3) is 5.56 Å². The van der Waals surface area contributed by atoms with E-state index in [0.29, 0.717) is 35.6 Å². The maximum atomic E-state index is 13.3. The predicted molar refractivity (Wildman–Crippen MR) is 114 cm³/mol. The smallest absolute Gasteiger partial charge is 0.294 e. The molecule has 6 nitrogen and oxygen atoms in total. The molecule has 0 spiro atoms. The summed E-state index contributed by atoms with van der Waals surface area (Å²) in [6, 6.07) is 14.3. The van der Waals surface area contributed by atoms with E-state index in [-0.39, 0.29) is 11.5 Å². The van der Waals surface area contributed by atoms with Crippen LogP contribution in [0.2, 0.25) is 0 Å². The Labute approximate surface area is 164 Å². The minimum absolute atomic E-state index is 0.241. The lowest BCUT2D eigenvalue weighted by Crippen LogP contribution is -2.37. The van der Waals surface area contributed by atoms with Gasteiger partial charge in [0.15, 0.2) is 5.82 Å². The van der Waals surface area contributed by atoms with E-state index in [1.807, 2.05) is 74.2 Å². The summed E-state index contributed by atoms with van der Waals surface area (Å²) in [7, 11) is 0. The zero-order valence-electron chi connectivity index (χ0n) is 16.8. The summed E-state index contributed by atoms with van der Waals surface area (Å²) < 4.78 is 1.54. The molecule has 0 saturated heterocycles. The Bertz CT molecular complexity index is 1050. The fourth-order valence-corrected chi connectivity index (χ4v) is 3.34. The van der Waals surface area contributed by atoms with Gasteiger partial charge >= 0.3 is 0 Å². The number of carbonyl (C=O) groups excluding carboxylic acids is 1. The van der Waals surface area contributed by atoms with Crippen molar-refractivity contribution in [1.29, 1.82) is 0 Å². The highest BCUT2D eigenvalue weighted by Crippen LogP contribution is 2.20. The Balaban J connectivity index is 2.08. The van der Waals surface area contributed by atoms with Gasteiger partial charge in [0.1, 0.15) is 6.04 Å². The number of carbonyl (C=O) groups is 1. The lowest BCUT2D eigenvalue weighted by molar-refractivity contribution is -0.118. The molecule has 1 amide bonds. The van der Waals surface area contributed by atoms with Crippen LogP contribution in [0.15, 0.2) is 53.3 Å². The van der Waals surface area contributed by atoms with Crippen LogP contribution in [0.25, 0.3) is 11.0 Å². The summed E-state index contributed by atoms with van der Waals surface area (Å²) in [5, 5.41) is 2.92. The number of hydrogen-bond acceptors (Lipinski definition) is 4. The van der Waals surface area contributed by atoms with Crippen LogP contribution in [-0.2, 0) is 4.79 Å². The Hall–Kier alpha value is -3.15. The number of anilines is 2. The summed E-state index contributed by atoms with van der Waals surface area (Å²) in [5.74, 6) is 0.133. The second-order valence-corrected chi connectivity index (χ2v) is 6.81. The second-order valence-electron chi connectivity index (χ2n) is 6.81. The highest BCUT2D eigenvalue weighted by Gasteiger charge is 2.23. The van der Waals surface area contributed by atoms with Crippen LogP contribution >= 0.6 is 0 Å². The van der Waals surface area contributed by atoms with Gasteiger partial charge in [-0.2, -0.15) is 0 Å². The molecule has 1 unspecified atom stereocenters. The summed E-state index contributed by atoms with van der Waals surface area (Å²) in [6.07, 6.45) is 0. The van der Waals surface area contributed by atoms with Crippen LogP contribution in [0, 0.1) is 6.92 Å². The maximum absolute atomic E-state index is 13.3. The van der Waals surface area contributed by atoms with Gasteiger partial charge in [0, 0.05) is 18.8 Å². The number of rotatable bonds is 6. The summed E-state index contributed by atoms with van der Waals surface area (Å²) in [5.41, 5.74) is 2.86. The van der Waals surface area contributed by atoms with Gasteiger partial charge in [-0.25, -0.2) is 4.98 Å². The fourth-order valence-electron chi connectivity index (χ4n) is 3.34. The third-order valence-corrected chi connectivity index (χ3v) is 4.89. The average molecular weight is 378 g/mol. The number of amides is 1. The highest BCUT2D eigenvalue weighted by atomic mass is 16.2. The molecule has 28 heavy (non-hydrogen) atoms. The normalized spacial score (nSPS) is 12.0. The molecule has 1 atom stereocenters. The van der Waals surface area contributed by atoms with E-state index < -0.39 is 6.04 Å². The Morgan fingerprint density at radius 3 is 2.54 bits per heavy atom. The molecule has 0 aliphatic rings. The van der Waals surface area contributed by atoms with Crippen LogP contribution < -0.4 is 15.8 Å². The molecular weight excluding hydrogens is 352 g/mol. The van der Waals surface area contributed by atoms with Crippen LogP contribution in [-0.4, -0.2) is 28.5 Å². The third kappa shape index (κ3) is 3.76. The first-order valence-electron chi connectivity index (χ1n) is 9.60. The van der Waals surface area contributed by atoms with Crippen molar-refractivity contribution in [2.75, 3.05) is 23.3 Å². The van der Waals surface area contributed by atoms with Gasteiger partial charge in [-0.15, -0.1) is 0 Å². The van der Waals surface area contributed by atoms with Crippen LogP contribution in [0.3, 0.4) is 0 Å². The van der Waals surface area contributed by atoms with Crippen molar-refractivity contribution in [3.05, 3.63) is 64.4 Å². The molecule has 1 aromatic heterocycles. The number of fused-ring (bicyclic) bond motifs is 1. The van der Waals surface area contributed by atoms with Gasteiger partial charge in [-0.05, 0) is 57.5 Å². The molecule has 3 rings (SSSR count). The molecular formula is C22H26N4O2. The number of para-hydroxylation sites is 2. The van der Waals surface area contributed by atoms with E-state index in [1.165, 1.54) is 0 Å². The van der Waals surface area contributed by atoms with E-state index in [4.69, 9.17) is 0 Å². The number of hydrogen-bond donors (Lipinski definition) is 1. The average Bonchev–Trinajstić information content (AvgIpc) is 2.69. The predicted octanol–water partition coefficient (Wildman–Crippen LogP) is 3.75. The molecule has 0 bridgehead atoms. The molecule has 0 radical (unpaired) electrons. The standard InChI is InChI=1S/C22H26N4O2/c1-5-25(6-2)20-22(28)26(19-13-8-7-12-18(19)24-20)16(4)21(27)23-17-11-9-10-15(3)14-17/h7-14,16H,5-6H2,1-4H3,(H,23,27). The highest BCUT2D eigenvalue weighted by molar-refractivity contribution is 5.94. The van der Waals surface area contributed by atoms with Crippen molar-refractivity contribution in [2.45, 2.75) is 33.7 Å². The number of aromatic nitrogens is 2. The van der Waals surface area contributed by atoms with Crippen molar-refractivity contribution in [3.63, 3.8) is 0 Å². The number of nitrogens with zero attached hydrogens (tertiary/aromatic N) is 3. The molecule has 1 N–H and O–H groups in total. The zero-order valence-corrected chi connectivity index (χ0v) is 16.8. The first kappa shape index (κ1) is 19.6. The van der Waals surface area contributed by atoms with Crippen molar-refractivity contribution < 1.29 is 4.79 Å². The topological polar surface area (TPSA) is 67.2 Å². The molecule has 0 saturated carbocycles. The maximum Gasteiger partial charge on any atom is 0.294 e. The van der Waals surface area contributed by atoms with Crippen LogP contribution in [0.4, 0.5) is 11.5 Å². The monoisotopic (exact) mass is 378 g/mol. The summed E-state index contributed by atoms with van der Waals surface area (Å²) >= 11 is 0. The van der Waals surface area contributed by atoms with Gasteiger partial charge in [-0.1, -0.05) is 24.3 Å². The quantitative estimate of drug-likeness (QED) is 0.709. The van der Waals surface area contributed by atoms with Gasteiger partial charge < -0.3 is 10.2 Å². The van der Waals surface area contributed by atoms with Crippen LogP contribution in [0.5, 0.6) is 0 Å². The molecule has 146 valence electrons. The summed E-state index contributed by atoms with van der Waals surface area (Å²) in [6.45, 7) is 9.01. The van der Waals surface area contributed by atoms with E-state index in [1.54, 1.807) is 11.5 Å². The lowest BCUT2D eigenvalue weighted by Gasteiger charge is -2.23. The van der Waals surface area contributed by atoms with Crippen molar-refractivity contribution in [1.82, 2.24) is 9.55 Å². The van der Waals surface area contributed by atoms with Gasteiger partial charge in [0.2, 0.25) is 5.91 Å². The van der Waals surface area contributed by atoms with Gasteiger partial charge in [0.05, 0.1) is 11.0 Å². The number of benzene rings is 2. The van der Waals surface area contributed by atoms with E-state index in [0.717, 1.165) is 5.56 Å². The first-order valence-corrected chi connectivity index (χ1v) is 9.60. The Morgan fingerprint density at radius 1 is 1.14 bits per heavy atom. The molecule has 2 aromatic carbocycles. The Morgan fingerprint density at radius 2 is 1.86 bits per heavy atom. The number of nitrogens with one attached hydrogen (secondary N) is 1. The second kappa shape index (κ2) is 8.25. The van der Waals surface area contributed by atoms with Crippen molar-refractivity contribution in [2.24, 2.45) is 0 Å². The molecule has 6 heteroatoms. The van der Waals surface area contributed by atoms with E-state index in [2.05, 4.69) is 10.3 Å². The zero-order chi connectivity index (χ0) is 20.3. The number of aryl methyl sites for hydroxylation is 1. The van der Waals surface area contributed by atoms with Crippen molar-refractivity contribution in [3.8, 4) is 0 Å². The van der Waals surface area contributed by atoms with E-state index in [9.17, 15) is 9.59 Å². The lowest BCUT2D eigenvalue weighted by atomic mass is 10.2. The minimum atomic E-state index is -0.685. The third-order valence-electron chi connectivity index (χ3n) is 4.89. The molecule has 3 aromatic rings. The van der Waals surface area contributed by atoms with Gasteiger partial charge in [-0.3, -0.25) is 14.2 Å².